The van der Waals surface area contributed by atoms with E-state index in [1.807, 2.05) is 13.8 Å². The maximum absolute atomic E-state index is 11.3. The summed E-state index contributed by atoms with van der Waals surface area (Å²) in [4.78, 5) is 11.3. The highest BCUT2D eigenvalue weighted by Crippen LogP contribution is 2.29. The first-order valence-electron chi connectivity index (χ1n) is 6.40. The first-order valence-corrected chi connectivity index (χ1v) is 7.28. The second-order valence-corrected chi connectivity index (χ2v) is 6.77. The molecule has 1 heterocycles. The average molecular weight is 281 g/mol. The standard InChI is InChI=1S/C12H19N5OS/c1-8(19-11-16-15-10(18)17(11)3)6-12(2,7-13)14-9-4-5-9/h8-9,14H,4-6H2,1-3H3,(H,15,18). The molecule has 2 N–H and O–H groups in total. The van der Waals surface area contributed by atoms with Crippen LogP contribution >= 0.6 is 11.8 Å². The van der Waals surface area contributed by atoms with Crippen LogP contribution in [0.4, 0.5) is 0 Å². The van der Waals surface area contributed by atoms with Crippen molar-refractivity contribution in [3.05, 3.63) is 10.5 Å². The lowest BCUT2D eigenvalue weighted by atomic mass is 9.98. The number of nitriles is 1. The predicted octanol–water partition coefficient (Wildman–Crippen LogP) is 1.01. The van der Waals surface area contributed by atoms with Gasteiger partial charge in [-0.2, -0.15) is 5.26 Å². The van der Waals surface area contributed by atoms with Crippen molar-refractivity contribution >= 4 is 11.8 Å². The average Bonchev–Trinajstić information content (AvgIpc) is 3.11. The van der Waals surface area contributed by atoms with Gasteiger partial charge >= 0.3 is 5.69 Å². The molecular weight excluding hydrogens is 262 g/mol. The molecule has 7 heteroatoms. The Hall–Kier alpha value is -1.26. The fourth-order valence-electron chi connectivity index (χ4n) is 2.05. The fourth-order valence-corrected chi connectivity index (χ4v) is 3.17. The smallest absolute Gasteiger partial charge is 0.297 e. The number of hydrogen-bond acceptors (Lipinski definition) is 5. The molecule has 2 unspecified atom stereocenters. The minimum absolute atomic E-state index is 0.199. The van der Waals surface area contributed by atoms with Crippen LogP contribution in [0, 0.1) is 11.3 Å². The Morgan fingerprint density at radius 3 is 2.89 bits per heavy atom. The maximum atomic E-state index is 11.3. The van der Waals surface area contributed by atoms with E-state index >= 15 is 0 Å². The molecule has 1 aromatic heterocycles. The molecule has 19 heavy (non-hydrogen) atoms. The van der Waals surface area contributed by atoms with Gasteiger partial charge < -0.3 is 0 Å². The van der Waals surface area contributed by atoms with Gasteiger partial charge in [-0.1, -0.05) is 18.7 Å². The van der Waals surface area contributed by atoms with E-state index in [0.29, 0.717) is 17.6 Å². The van der Waals surface area contributed by atoms with Crippen LogP contribution in [0.3, 0.4) is 0 Å². The molecule has 0 spiro atoms. The molecule has 1 aliphatic rings. The molecule has 0 radical (unpaired) electrons. The summed E-state index contributed by atoms with van der Waals surface area (Å²) in [6.45, 7) is 3.99. The summed E-state index contributed by atoms with van der Waals surface area (Å²) < 4.78 is 1.49. The maximum Gasteiger partial charge on any atom is 0.343 e. The lowest BCUT2D eigenvalue weighted by Gasteiger charge is -2.26. The van der Waals surface area contributed by atoms with Crippen LogP contribution < -0.4 is 11.0 Å². The molecule has 0 aromatic carbocycles. The van der Waals surface area contributed by atoms with Gasteiger partial charge in [0.1, 0.15) is 5.54 Å². The Morgan fingerprint density at radius 1 is 1.74 bits per heavy atom. The molecule has 1 saturated carbocycles. The summed E-state index contributed by atoms with van der Waals surface area (Å²) in [5.41, 5.74) is -0.725. The lowest BCUT2D eigenvalue weighted by molar-refractivity contribution is 0.414. The summed E-state index contributed by atoms with van der Waals surface area (Å²) in [5, 5.41) is 20.0. The van der Waals surface area contributed by atoms with Crippen molar-refractivity contribution in [1.29, 1.82) is 5.26 Å². The van der Waals surface area contributed by atoms with E-state index in [1.54, 1.807) is 7.05 Å². The molecule has 1 fully saturated rings. The van der Waals surface area contributed by atoms with E-state index in [1.165, 1.54) is 16.3 Å². The van der Waals surface area contributed by atoms with Crippen molar-refractivity contribution < 1.29 is 0 Å². The van der Waals surface area contributed by atoms with Crippen LogP contribution in [0.1, 0.15) is 33.1 Å². The van der Waals surface area contributed by atoms with Gasteiger partial charge in [0.25, 0.3) is 0 Å². The Labute approximate surface area is 116 Å². The summed E-state index contributed by atoms with van der Waals surface area (Å²) in [6, 6.07) is 2.86. The number of nitrogens with zero attached hydrogens (tertiary/aromatic N) is 3. The van der Waals surface area contributed by atoms with Crippen molar-refractivity contribution in [2.24, 2.45) is 7.05 Å². The number of H-pyrrole nitrogens is 1. The number of aromatic amines is 1. The van der Waals surface area contributed by atoms with E-state index in [2.05, 4.69) is 21.6 Å². The molecule has 0 aliphatic heterocycles. The van der Waals surface area contributed by atoms with Crippen LogP contribution in [0.25, 0.3) is 0 Å². The van der Waals surface area contributed by atoms with Crippen LogP contribution in [0.2, 0.25) is 0 Å². The number of nitrogens with one attached hydrogen (secondary N) is 2. The fraction of sp³-hybridized carbons (Fsp3) is 0.750. The predicted molar refractivity (Wildman–Crippen MR) is 73.9 cm³/mol. The van der Waals surface area contributed by atoms with Gasteiger partial charge in [0.2, 0.25) is 0 Å². The summed E-state index contributed by atoms with van der Waals surface area (Å²) in [6.07, 6.45) is 3.03. The van der Waals surface area contributed by atoms with E-state index in [-0.39, 0.29) is 10.9 Å². The Morgan fingerprint density at radius 2 is 2.42 bits per heavy atom. The van der Waals surface area contributed by atoms with Crippen molar-refractivity contribution in [3.63, 3.8) is 0 Å². The highest BCUT2D eigenvalue weighted by Gasteiger charge is 2.34. The first kappa shape index (κ1) is 14.2. The third-order valence-electron chi connectivity index (χ3n) is 3.19. The van der Waals surface area contributed by atoms with Crippen LogP contribution in [0.5, 0.6) is 0 Å². The minimum atomic E-state index is -0.511. The number of rotatable bonds is 6. The summed E-state index contributed by atoms with van der Waals surface area (Å²) in [7, 11) is 1.69. The molecule has 1 aromatic rings. The summed E-state index contributed by atoms with van der Waals surface area (Å²) in [5.74, 6) is 0. The van der Waals surface area contributed by atoms with E-state index in [9.17, 15) is 10.1 Å². The molecular formula is C12H19N5OS. The van der Waals surface area contributed by atoms with E-state index < -0.39 is 5.54 Å². The molecule has 1 aliphatic carbocycles. The number of aromatic nitrogens is 3. The Bertz CT molecular complexity index is 541. The van der Waals surface area contributed by atoms with Gasteiger partial charge in [0, 0.05) is 18.3 Å². The third kappa shape index (κ3) is 3.61. The van der Waals surface area contributed by atoms with Gasteiger partial charge in [-0.3, -0.25) is 9.88 Å². The molecule has 2 rings (SSSR count). The largest absolute Gasteiger partial charge is 0.343 e. The normalized spacial score (nSPS) is 19.7. The van der Waals surface area contributed by atoms with E-state index in [0.717, 1.165) is 12.8 Å². The van der Waals surface area contributed by atoms with Gasteiger partial charge in [-0.25, -0.2) is 9.89 Å². The third-order valence-corrected chi connectivity index (χ3v) is 4.33. The van der Waals surface area contributed by atoms with Crippen LogP contribution in [0.15, 0.2) is 9.95 Å². The highest BCUT2D eigenvalue weighted by molar-refractivity contribution is 7.99. The second-order valence-electron chi connectivity index (χ2n) is 5.37. The number of thioether (sulfide) groups is 1. The summed E-state index contributed by atoms with van der Waals surface area (Å²) >= 11 is 1.51. The van der Waals surface area contributed by atoms with Gasteiger partial charge in [-0.15, -0.1) is 5.10 Å². The zero-order chi connectivity index (χ0) is 14.0. The molecule has 2 atom stereocenters. The monoisotopic (exact) mass is 281 g/mol. The molecule has 6 nitrogen and oxygen atoms in total. The van der Waals surface area contributed by atoms with Crippen LogP contribution in [-0.4, -0.2) is 31.6 Å². The number of hydrogen-bond donors (Lipinski definition) is 2. The first-order chi connectivity index (χ1) is 8.93. The van der Waals surface area contributed by atoms with Crippen molar-refractivity contribution in [3.8, 4) is 6.07 Å². The van der Waals surface area contributed by atoms with Crippen LogP contribution in [-0.2, 0) is 7.05 Å². The Balaban J connectivity index is 1.96. The highest BCUT2D eigenvalue weighted by atomic mass is 32.2. The zero-order valence-electron chi connectivity index (χ0n) is 11.4. The topological polar surface area (TPSA) is 86.5 Å². The molecule has 0 bridgehead atoms. The molecule has 0 amide bonds. The Kier molecular flexibility index (Phi) is 4.02. The van der Waals surface area contributed by atoms with Gasteiger partial charge in [0.05, 0.1) is 6.07 Å². The van der Waals surface area contributed by atoms with E-state index in [4.69, 9.17) is 0 Å². The quantitative estimate of drug-likeness (QED) is 0.760. The minimum Gasteiger partial charge on any atom is -0.297 e. The van der Waals surface area contributed by atoms with Crippen molar-refractivity contribution in [1.82, 2.24) is 20.1 Å². The SMILES string of the molecule is CC(CC(C)(C#N)NC1CC1)Sc1n[nH]c(=O)n1C. The molecule has 104 valence electrons. The zero-order valence-corrected chi connectivity index (χ0v) is 12.3. The van der Waals surface area contributed by atoms with Crippen molar-refractivity contribution in [2.75, 3.05) is 0 Å². The second kappa shape index (κ2) is 5.39. The lowest BCUT2D eigenvalue weighted by Crippen LogP contribution is -2.44. The van der Waals surface area contributed by atoms with Gasteiger partial charge in [0.15, 0.2) is 5.16 Å². The van der Waals surface area contributed by atoms with Crippen molar-refractivity contribution in [2.45, 2.75) is 55.1 Å². The van der Waals surface area contributed by atoms with Gasteiger partial charge in [-0.05, 0) is 26.2 Å². The molecule has 0 saturated heterocycles.